The number of hydrogen-bond acceptors (Lipinski definition) is 4. The Morgan fingerprint density at radius 3 is 2.36 bits per heavy atom. The average Bonchev–Trinajstić information content (AvgIpc) is 3.20. The van der Waals surface area contributed by atoms with Crippen LogP contribution in [0.5, 0.6) is 0 Å². The van der Waals surface area contributed by atoms with Crippen LogP contribution in [0.3, 0.4) is 0 Å². The van der Waals surface area contributed by atoms with Crippen molar-refractivity contribution in [1.29, 1.82) is 0 Å². The number of rotatable bonds is 8. The monoisotopic (exact) mass is 509 g/mol. The molecule has 1 saturated heterocycles. The van der Waals surface area contributed by atoms with Gasteiger partial charge in [-0.25, -0.2) is 0 Å². The lowest BCUT2D eigenvalue weighted by molar-refractivity contribution is -0.142. The molecule has 2 aromatic rings. The number of amides is 3. The lowest BCUT2D eigenvalue weighted by Crippen LogP contribution is -2.51. The number of carbonyl (C=O) groups excluding carboxylic acids is 3. The van der Waals surface area contributed by atoms with Gasteiger partial charge in [-0.3, -0.25) is 14.4 Å². The maximum absolute atomic E-state index is 14.0. The molecule has 2 aliphatic rings. The van der Waals surface area contributed by atoms with Gasteiger partial charge >= 0.3 is 0 Å². The molecule has 0 aromatic heterocycles. The summed E-state index contributed by atoms with van der Waals surface area (Å²) in [6.07, 6.45) is 4.96. The van der Waals surface area contributed by atoms with Gasteiger partial charge in [0.25, 0.3) is 0 Å². The molecule has 0 radical (unpaired) electrons. The van der Waals surface area contributed by atoms with Crippen molar-refractivity contribution in [3.8, 4) is 0 Å². The molecule has 0 bridgehead atoms. The van der Waals surface area contributed by atoms with Crippen molar-refractivity contribution in [3.05, 3.63) is 77.3 Å². The van der Waals surface area contributed by atoms with Gasteiger partial charge in [0.1, 0.15) is 6.04 Å². The fourth-order valence-corrected chi connectivity index (χ4v) is 5.77. The van der Waals surface area contributed by atoms with Crippen LogP contribution in [0.1, 0.15) is 18.9 Å². The van der Waals surface area contributed by atoms with E-state index in [9.17, 15) is 19.5 Å². The van der Waals surface area contributed by atoms with Crippen molar-refractivity contribution in [2.45, 2.75) is 31.8 Å². The van der Waals surface area contributed by atoms with Crippen LogP contribution in [0, 0.1) is 23.7 Å². The Balaban J connectivity index is 1.74. The van der Waals surface area contributed by atoms with Gasteiger partial charge in [0, 0.05) is 23.7 Å². The molecule has 6 atom stereocenters. The summed E-state index contributed by atoms with van der Waals surface area (Å²) in [5.74, 6) is -2.74. The summed E-state index contributed by atoms with van der Waals surface area (Å²) in [5.41, 5.74) is 1.50. The number of likely N-dealkylation sites (tertiary alicyclic amines) is 1. The van der Waals surface area contributed by atoms with Gasteiger partial charge in [0.05, 0.1) is 24.5 Å². The summed E-state index contributed by atoms with van der Waals surface area (Å²) in [6.45, 7) is 1.68. The highest BCUT2D eigenvalue weighted by molar-refractivity contribution is 6.30. The van der Waals surface area contributed by atoms with Gasteiger partial charge in [-0.1, -0.05) is 61.0 Å². The third-order valence-electron chi connectivity index (χ3n) is 7.37. The predicted octanol–water partition coefficient (Wildman–Crippen LogP) is 3.28. The Kier molecular flexibility index (Phi) is 8.11. The smallest absolute Gasteiger partial charge is 0.247 e. The van der Waals surface area contributed by atoms with E-state index >= 15 is 0 Å². The lowest BCUT2D eigenvalue weighted by atomic mass is 9.69. The van der Waals surface area contributed by atoms with E-state index in [0.717, 1.165) is 5.56 Å². The molecule has 1 heterocycles. The number of carbonyl (C=O) groups is 3. The first-order chi connectivity index (χ1) is 17.4. The summed E-state index contributed by atoms with van der Waals surface area (Å²) < 4.78 is 0. The molecule has 0 saturated carbocycles. The Hall–Kier alpha value is -3.16. The van der Waals surface area contributed by atoms with E-state index in [4.69, 9.17) is 11.6 Å². The third kappa shape index (κ3) is 5.04. The zero-order valence-corrected chi connectivity index (χ0v) is 21.2. The minimum absolute atomic E-state index is 0.114. The van der Waals surface area contributed by atoms with E-state index in [0.29, 0.717) is 23.6 Å². The molecular formula is C28H32ClN3O4. The number of benzene rings is 2. The topological polar surface area (TPSA) is 98.7 Å². The molecule has 1 fully saturated rings. The summed E-state index contributed by atoms with van der Waals surface area (Å²) in [6, 6.07) is 14.8. The van der Waals surface area contributed by atoms with Crippen LogP contribution in [0.2, 0.25) is 5.02 Å². The standard InChI is InChI=1S/C28H32ClN3O4/c1-3-18-9-14-22-24(23(18)26(34)30-2)28(36)32(21(16-33)15-17-7-5-4-6-8-17)25(22)27(35)31-20-12-10-19(29)11-13-20/h4-14,18,21-25,33H,3,15-16H2,1-2H3,(H,30,34)(H,31,35)/t18-,21-,22+,23-,24+,25+/m1/s1. The van der Waals surface area contributed by atoms with Crippen molar-refractivity contribution in [2.24, 2.45) is 23.7 Å². The molecule has 0 spiro atoms. The first-order valence-electron chi connectivity index (χ1n) is 12.3. The van der Waals surface area contributed by atoms with Gasteiger partial charge in [-0.15, -0.1) is 0 Å². The summed E-state index contributed by atoms with van der Waals surface area (Å²) in [4.78, 5) is 42.3. The first kappa shape index (κ1) is 25.9. The fourth-order valence-electron chi connectivity index (χ4n) is 5.64. The number of aliphatic hydroxyl groups excluding tert-OH is 1. The van der Waals surface area contributed by atoms with Crippen LogP contribution in [0.4, 0.5) is 5.69 Å². The van der Waals surface area contributed by atoms with Crippen molar-refractivity contribution in [1.82, 2.24) is 10.2 Å². The normalized spacial score (nSPS) is 25.8. The second-order valence-electron chi connectivity index (χ2n) is 9.41. The molecule has 3 N–H and O–H groups in total. The van der Waals surface area contributed by atoms with Gasteiger partial charge in [0.2, 0.25) is 17.7 Å². The molecule has 0 unspecified atom stereocenters. The summed E-state index contributed by atoms with van der Waals surface area (Å²) >= 11 is 5.99. The lowest BCUT2D eigenvalue weighted by Gasteiger charge is -2.34. The predicted molar refractivity (Wildman–Crippen MR) is 139 cm³/mol. The second kappa shape index (κ2) is 11.3. The molecule has 3 amide bonds. The molecule has 7 nitrogen and oxygen atoms in total. The van der Waals surface area contributed by atoms with Crippen LogP contribution >= 0.6 is 11.6 Å². The van der Waals surface area contributed by atoms with Gasteiger partial charge in [-0.05, 0) is 48.6 Å². The fraction of sp³-hybridized carbons (Fsp3) is 0.393. The highest BCUT2D eigenvalue weighted by Gasteiger charge is 2.58. The minimum Gasteiger partial charge on any atom is -0.394 e. The average molecular weight is 510 g/mol. The van der Waals surface area contributed by atoms with Gasteiger partial charge < -0.3 is 20.6 Å². The molecule has 36 heavy (non-hydrogen) atoms. The Morgan fingerprint density at radius 2 is 1.75 bits per heavy atom. The van der Waals surface area contributed by atoms with Crippen LogP contribution in [0.25, 0.3) is 0 Å². The van der Waals surface area contributed by atoms with Crippen LogP contribution in [0.15, 0.2) is 66.7 Å². The minimum atomic E-state index is -0.875. The quantitative estimate of drug-likeness (QED) is 0.475. The van der Waals surface area contributed by atoms with Crippen LogP contribution in [-0.2, 0) is 20.8 Å². The van der Waals surface area contributed by atoms with Crippen molar-refractivity contribution in [2.75, 3.05) is 19.0 Å². The van der Waals surface area contributed by atoms with Crippen LogP contribution < -0.4 is 10.6 Å². The number of allylic oxidation sites excluding steroid dienone is 1. The maximum atomic E-state index is 14.0. The Labute approximate surface area is 216 Å². The molecule has 4 rings (SSSR count). The number of hydrogen-bond donors (Lipinski definition) is 3. The number of nitrogens with zero attached hydrogens (tertiary/aromatic N) is 1. The molecular weight excluding hydrogens is 478 g/mol. The van der Waals surface area contributed by atoms with E-state index in [1.807, 2.05) is 49.4 Å². The zero-order valence-electron chi connectivity index (χ0n) is 20.4. The first-order valence-corrected chi connectivity index (χ1v) is 12.7. The summed E-state index contributed by atoms with van der Waals surface area (Å²) in [7, 11) is 1.57. The molecule has 1 aliphatic heterocycles. The van der Waals surface area contributed by atoms with Crippen LogP contribution in [-0.4, -0.2) is 53.5 Å². The number of anilines is 1. The SMILES string of the molecule is CC[C@@H]1C=C[C@H]2[C@H](C(=O)N([C@@H](CO)Cc3ccccc3)[C@@H]2C(=O)Nc2ccc(Cl)cc2)[C@@H]1C(=O)NC. The molecule has 190 valence electrons. The maximum Gasteiger partial charge on any atom is 0.247 e. The number of aliphatic hydroxyl groups is 1. The zero-order chi connectivity index (χ0) is 25.8. The van der Waals surface area contributed by atoms with E-state index in [1.165, 1.54) is 4.90 Å². The van der Waals surface area contributed by atoms with E-state index in [1.54, 1.807) is 31.3 Å². The van der Waals surface area contributed by atoms with Crippen molar-refractivity contribution in [3.63, 3.8) is 0 Å². The van der Waals surface area contributed by atoms with E-state index < -0.39 is 29.8 Å². The van der Waals surface area contributed by atoms with E-state index in [2.05, 4.69) is 10.6 Å². The van der Waals surface area contributed by atoms with E-state index in [-0.39, 0.29) is 30.2 Å². The highest BCUT2D eigenvalue weighted by Crippen LogP contribution is 2.46. The number of halogens is 1. The Bertz CT molecular complexity index is 1120. The van der Waals surface area contributed by atoms with Gasteiger partial charge in [0.15, 0.2) is 0 Å². The van der Waals surface area contributed by atoms with Crippen molar-refractivity contribution >= 4 is 35.0 Å². The highest BCUT2D eigenvalue weighted by atomic mass is 35.5. The molecule has 1 aliphatic carbocycles. The number of fused-ring (bicyclic) bond motifs is 1. The second-order valence-corrected chi connectivity index (χ2v) is 9.85. The Morgan fingerprint density at radius 1 is 1.06 bits per heavy atom. The molecule has 8 heteroatoms. The number of nitrogens with one attached hydrogen (secondary N) is 2. The molecule has 2 aromatic carbocycles. The van der Waals surface area contributed by atoms with Crippen molar-refractivity contribution < 1.29 is 19.5 Å². The third-order valence-corrected chi connectivity index (χ3v) is 7.62. The largest absolute Gasteiger partial charge is 0.394 e. The summed E-state index contributed by atoms with van der Waals surface area (Å²) in [5, 5.41) is 16.6. The van der Waals surface area contributed by atoms with Gasteiger partial charge in [-0.2, -0.15) is 0 Å².